The number of nitrogens with one attached hydrogen (secondary N) is 1. The molecule has 2 aromatic rings. The third-order valence-electron chi connectivity index (χ3n) is 7.33. The van der Waals surface area contributed by atoms with Crippen LogP contribution in [0.15, 0.2) is 65.5 Å². The lowest BCUT2D eigenvalue weighted by Gasteiger charge is -2.37. The molecule has 198 valence electrons. The van der Waals surface area contributed by atoms with Crippen LogP contribution < -0.4 is 14.8 Å². The van der Waals surface area contributed by atoms with Gasteiger partial charge in [0.05, 0.1) is 6.61 Å². The molecule has 0 unspecified atom stereocenters. The fourth-order valence-electron chi connectivity index (χ4n) is 5.69. The van der Waals surface area contributed by atoms with E-state index in [9.17, 15) is 9.59 Å². The van der Waals surface area contributed by atoms with Gasteiger partial charge in [-0.3, -0.25) is 9.59 Å². The molecule has 0 atom stereocenters. The Labute approximate surface area is 233 Å². The van der Waals surface area contributed by atoms with E-state index in [-0.39, 0.29) is 18.2 Å². The van der Waals surface area contributed by atoms with E-state index >= 15 is 0 Å². The summed E-state index contributed by atoms with van der Waals surface area (Å²) in [6.07, 6.45) is 6.59. The number of ether oxygens (including phenoxy) is 2. The molecule has 0 saturated carbocycles. The highest BCUT2D eigenvalue weighted by Gasteiger charge is 2.40. The molecule has 2 aromatic carbocycles. The van der Waals surface area contributed by atoms with Crippen molar-refractivity contribution < 1.29 is 19.1 Å². The summed E-state index contributed by atoms with van der Waals surface area (Å²) >= 11 is 12.4. The summed E-state index contributed by atoms with van der Waals surface area (Å²) in [5, 5.41) is 4.57. The predicted octanol–water partition coefficient (Wildman–Crippen LogP) is 7.40. The Hall–Kier alpha value is -3.02. The van der Waals surface area contributed by atoms with Crippen LogP contribution in [0.3, 0.4) is 0 Å². The first-order valence-corrected chi connectivity index (χ1v) is 13.9. The van der Waals surface area contributed by atoms with Crippen molar-refractivity contribution in [2.45, 2.75) is 64.4 Å². The molecular weight excluding hydrogens is 521 g/mol. The minimum atomic E-state index is -0.413. The molecule has 5 rings (SSSR count). The van der Waals surface area contributed by atoms with Crippen LogP contribution in [0.1, 0.15) is 68.1 Å². The largest absolute Gasteiger partial charge is 0.490 e. The maximum absolute atomic E-state index is 13.3. The normalized spacial score (nSPS) is 17.7. The number of hydrogen-bond donors (Lipinski definition) is 1. The summed E-state index contributed by atoms with van der Waals surface area (Å²) in [4.78, 5) is 26.5. The number of allylic oxidation sites excluding steroid dienone is 5. The molecule has 0 aromatic heterocycles. The number of Topliss-reactive ketones (excluding diaryl/α,β-unsaturated/α-hetero) is 2. The minimum Gasteiger partial charge on any atom is -0.490 e. The average Bonchev–Trinajstić information content (AvgIpc) is 2.88. The second kappa shape index (κ2) is 11.4. The predicted molar refractivity (Wildman–Crippen MR) is 150 cm³/mol. The Bertz CT molecular complexity index is 1330. The molecule has 1 N–H and O–H groups in total. The first kappa shape index (κ1) is 26.6. The highest BCUT2D eigenvalue weighted by Crippen LogP contribution is 2.47. The average molecular weight is 552 g/mol. The molecule has 38 heavy (non-hydrogen) atoms. The van der Waals surface area contributed by atoms with E-state index in [1.807, 2.05) is 31.2 Å². The lowest BCUT2D eigenvalue weighted by Crippen LogP contribution is -2.36. The molecule has 3 aliphatic rings. The molecule has 0 amide bonds. The van der Waals surface area contributed by atoms with Crippen molar-refractivity contribution >= 4 is 34.8 Å². The number of ketones is 2. The Morgan fingerprint density at radius 2 is 1.63 bits per heavy atom. The lowest BCUT2D eigenvalue weighted by molar-refractivity contribution is -0.117. The topological polar surface area (TPSA) is 64.6 Å². The summed E-state index contributed by atoms with van der Waals surface area (Å²) in [6.45, 7) is 6.52. The van der Waals surface area contributed by atoms with Crippen molar-refractivity contribution in [3.63, 3.8) is 0 Å². The number of carbonyl (C=O) groups excluding carboxylic acids is 2. The van der Waals surface area contributed by atoms with Crippen LogP contribution in [-0.2, 0) is 22.6 Å². The van der Waals surface area contributed by atoms with Gasteiger partial charge in [0, 0.05) is 62.5 Å². The van der Waals surface area contributed by atoms with Crippen molar-refractivity contribution in [1.82, 2.24) is 5.32 Å². The quantitative estimate of drug-likeness (QED) is 0.346. The van der Waals surface area contributed by atoms with Crippen molar-refractivity contribution in [3.8, 4) is 11.5 Å². The number of benzene rings is 2. The fourth-order valence-corrected chi connectivity index (χ4v) is 6.15. The highest BCUT2D eigenvalue weighted by molar-refractivity contribution is 6.35. The second-order valence-corrected chi connectivity index (χ2v) is 10.7. The van der Waals surface area contributed by atoms with Crippen molar-refractivity contribution in [2.75, 3.05) is 6.61 Å². The first-order chi connectivity index (χ1) is 18.4. The number of carbonyl (C=O) groups is 2. The van der Waals surface area contributed by atoms with Crippen molar-refractivity contribution in [3.05, 3.63) is 92.3 Å². The maximum Gasteiger partial charge on any atom is 0.165 e. The van der Waals surface area contributed by atoms with E-state index in [1.165, 1.54) is 0 Å². The zero-order valence-electron chi connectivity index (χ0n) is 21.5. The summed E-state index contributed by atoms with van der Waals surface area (Å²) in [7, 11) is 0. The van der Waals surface area contributed by atoms with E-state index in [4.69, 9.17) is 32.7 Å². The molecule has 0 radical (unpaired) electrons. The smallest absolute Gasteiger partial charge is 0.165 e. The lowest BCUT2D eigenvalue weighted by atomic mass is 9.71. The van der Waals surface area contributed by atoms with Crippen LogP contribution in [0.4, 0.5) is 0 Å². The Kier molecular flexibility index (Phi) is 7.96. The van der Waals surface area contributed by atoms with Crippen LogP contribution in [0.5, 0.6) is 11.5 Å². The zero-order valence-corrected chi connectivity index (χ0v) is 23.0. The number of hydrogen-bond acceptors (Lipinski definition) is 5. The highest BCUT2D eigenvalue weighted by atomic mass is 35.5. The molecule has 2 aliphatic carbocycles. The molecule has 0 fully saturated rings. The zero-order chi connectivity index (χ0) is 26.8. The Morgan fingerprint density at radius 3 is 2.24 bits per heavy atom. The van der Waals surface area contributed by atoms with Gasteiger partial charge in [0.25, 0.3) is 0 Å². The minimum absolute atomic E-state index is 0.106. The third-order valence-corrected chi connectivity index (χ3v) is 7.92. The third kappa shape index (κ3) is 5.14. The van der Waals surface area contributed by atoms with Gasteiger partial charge in [-0.2, -0.15) is 0 Å². The van der Waals surface area contributed by atoms with E-state index < -0.39 is 5.92 Å². The standard InChI is InChI=1S/C31H31Cl2NO4/c1-3-7-18-14-20(15-27(37-4-2)31(18)38-17-19-12-13-21(32)16-22(19)33)28-29-23(8-5-10-25(29)35)34-24-9-6-11-26(36)30(24)28/h3,12-16,28,34H,1,4-11,17H2,2H3. The Balaban J connectivity index is 1.62. The number of halogens is 2. The van der Waals surface area contributed by atoms with Gasteiger partial charge in [0.2, 0.25) is 0 Å². The van der Waals surface area contributed by atoms with Crippen molar-refractivity contribution in [1.29, 1.82) is 0 Å². The van der Waals surface area contributed by atoms with E-state index in [1.54, 1.807) is 12.1 Å². The molecule has 0 saturated heterocycles. The van der Waals surface area contributed by atoms with Crippen LogP contribution in [0.2, 0.25) is 10.0 Å². The molecule has 7 heteroatoms. The van der Waals surface area contributed by atoms with Gasteiger partial charge >= 0.3 is 0 Å². The van der Waals surface area contributed by atoms with Crippen LogP contribution in [0, 0.1) is 0 Å². The van der Waals surface area contributed by atoms with Crippen molar-refractivity contribution in [2.24, 2.45) is 0 Å². The maximum atomic E-state index is 13.3. The van der Waals surface area contributed by atoms with E-state index in [0.717, 1.165) is 64.9 Å². The SMILES string of the molecule is C=CCc1cc(C2C3=C(CCCC3=O)NC3=C2C(=O)CCC3)cc(OCC)c1OCc1ccc(Cl)cc1Cl. The van der Waals surface area contributed by atoms with Crippen LogP contribution in [-0.4, -0.2) is 18.2 Å². The first-order valence-electron chi connectivity index (χ1n) is 13.2. The number of rotatable bonds is 8. The number of dihydropyridines is 1. The van der Waals surface area contributed by atoms with Gasteiger partial charge in [0.1, 0.15) is 6.61 Å². The molecule has 5 nitrogen and oxygen atoms in total. The monoisotopic (exact) mass is 551 g/mol. The second-order valence-electron chi connectivity index (χ2n) is 9.85. The van der Waals surface area contributed by atoms with Gasteiger partial charge in [-0.05, 0) is 62.8 Å². The molecule has 1 aliphatic heterocycles. The van der Waals surface area contributed by atoms with E-state index in [0.29, 0.717) is 47.4 Å². The molecule has 0 spiro atoms. The van der Waals surface area contributed by atoms with Gasteiger partial charge < -0.3 is 14.8 Å². The van der Waals surface area contributed by atoms with E-state index in [2.05, 4.69) is 11.9 Å². The summed E-state index contributed by atoms with van der Waals surface area (Å²) < 4.78 is 12.4. The van der Waals surface area contributed by atoms with Gasteiger partial charge in [0.15, 0.2) is 23.1 Å². The Morgan fingerprint density at radius 1 is 0.947 bits per heavy atom. The molecular formula is C31H31Cl2NO4. The fraction of sp³-hybridized carbons (Fsp3) is 0.355. The molecule has 1 heterocycles. The van der Waals surface area contributed by atoms with Gasteiger partial charge in [-0.1, -0.05) is 41.4 Å². The summed E-state index contributed by atoms with van der Waals surface area (Å²) in [5.41, 5.74) is 5.91. The van der Waals surface area contributed by atoms with Crippen LogP contribution in [0.25, 0.3) is 0 Å². The summed E-state index contributed by atoms with van der Waals surface area (Å²) in [6, 6.07) is 9.28. The van der Waals surface area contributed by atoms with Crippen LogP contribution >= 0.6 is 23.2 Å². The van der Waals surface area contributed by atoms with Gasteiger partial charge in [-0.25, -0.2) is 0 Å². The summed E-state index contributed by atoms with van der Waals surface area (Å²) in [5.74, 6) is 0.971. The molecule has 0 bridgehead atoms. The van der Waals surface area contributed by atoms with Gasteiger partial charge in [-0.15, -0.1) is 6.58 Å².